The lowest BCUT2D eigenvalue weighted by Gasteiger charge is -2.42. The number of anilines is 1. The number of piperidine rings is 1. The van der Waals surface area contributed by atoms with Gasteiger partial charge in [-0.15, -0.1) is 0 Å². The highest BCUT2D eigenvalue weighted by atomic mass is 16.5. The van der Waals surface area contributed by atoms with Gasteiger partial charge in [-0.1, -0.05) is 18.2 Å². The fourth-order valence-corrected chi connectivity index (χ4v) is 3.76. The quantitative estimate of drug-likeness (QED) is 0.850. The van der Waals surface area contributed by atoms with Gasteiger partial charge in [0, 0.05) is 19.3 Å². The smallest absolute Gasteiger partial charge is 0.227 e. The van der Waals surface area contributed by atoms with E-state index in [1.807, 2.05) is 47.5 Å². The van der Waals surface area contributed by atoms with Gasteiger partial charge in [-0.05, 0) is 49.6 Å². The summed E-state index contributed by atoms with van der Waals surface area (Å²) in [6.07, 6.45) is 3.91. The zero-order valence-corrected chi connectivity index (χ0v) is 15.2. The van der Waals surface area contributed by atoms with Crippen molar-refractivity contribution in [3.05, 3.63) is 54.2 Å². The topological polar surface area (TPSA) is 45.7 Å². The molecule has 26 heavy (non-hydrogen) atoms. The van der Waals surface area contributed by atoms with Gasteiger partial charge in [-0.2, -0.15) is 0 Å². The lowest BCUT2D eigenvalue weighted by Crippen LogP contribution is -2.59. The molecule has 2 aliphatic heterocycles. The van der Waals surface area contributed by atoms with E-state index >= 15 is 0 Å². The number of amides is 1. The van der Waals surface area contributed by atoms with E-state index in [2.05, 4.69) is 22.9 Å². The standard InChI is InChI=1S/C21H25N3O2/c1-16-6-4-8-18(12-16)26-19-14-24(15-19)21(25)17-7-5-11-23(13-17)20-9-2-3-10-22-20/h2-4,6,8-10,12,17,19H,5,7,11,13-15H2,1H3. The Morgan fingerprint density at radius 1 is 1.15 bits per heavy atom. The van der Waals surface area contributed by atoms with E-state index in [0.29, 0.717) is 13.1 Å². The van der Waals surface area contributed by atoms with Crippen LogP contribution in [0.5, 0.6) is 5.75 Å². The number of aromatic nitrogens is 1. The monoisotopic (exact) mass is 351 g/mol. The maximum Gasteiger partial charge on any atom is 0.227 e. The van der Waals surface area contributed by atoms with Gasteiger partial charge in [0.2, 0.25) is 5.91 Å². The number of pyridine rings is 1. The third-order valence-electron chi connectivity index (χ3n) is 5.20. The number of nitrogens with zero attached hydrogens (tertiary/aromatic N) is 3. The molecule has 0 spiro atoms. The van der Waals surface area contributed by atoms with Crippen molar-refractivity contribution >= 4 is 11.7 Å². The van der Waals surface area contributed by atoms with Crippen molar-refractivity contribution in [1.29, 1.82) is 0 Å². The zero-order valence-electron chi connectivity index (χ0n) is 15.2. The second kappa shape index (κ2) is 7.36. The molecule has 2 aromatic rings. The number of carbonyl (C=O) groups excluding carboxylic acids is 1. The van der Waals surface area contributed by atoms with Crippen LogP contribution in [0.15, 0.2) is 48.7 Å². The summed E-state index contributed by atoms with van der Waals surface area (Å²) >= 11 is 0. The number of benzene rings is 1. The van der Waals surface area contributed by atoms with Crippen LogP contribution in [-0.2, 0) is 4.79 Å². The van der Waals surface area contributed by atoms with Crippen LogP contribution in [0.4, 0.5) is 5.82 Å². The third-order valence-corrected chi connectivity index (χ3v) is 5.20. The van der Waals surface area contributed by atoms with Gasteiger partial charge in [0.1, 0.15) is 17.7 Å². The van der Waals surface area contributed by atoms with Crippen molar-refractivity contribution in [2.24, 2.45) is 5.92 Å². The number of aryl methyl sites for hydroxylation is 1. The minimum absolute atomic E-state index is 0.0608. The molecule has 4 rings (SSSR count). The summed E-state index contributed by atoms with van der Waals surface area (Å²) in [7, 11) is 0. The number of ether oxygens (including phenoxy) is 1. The molecule has 1 unspecified atom stereocenters. The third kappa shape index (κ3) is 3.66. The largest absolute Gasteiger partial charge is 0.487 e. The highest BCUT2D eigenvalue weighted by molar-refractivity contribution is 5.80. The van der Waals surface area contributed by atoms with Gasteiger partial charge in [0.05, 0.1) is 19.0 Å². The first-order chi connectivity index (χ1) is 12.7. The van der Waals surface area contributed by atoms with Crippen LogP contribution in [0.3, 0.4) is 0 Å². The average Bonchev–Trinajstić information content (AvgIpc) is 2.65. The number of carbonyl (C=O) groups is 1. The van der Waals surface area contributed by atoms with Crippen LogP contribution < -0.4 is 9.64 Å². The van der Waals surface area contributed by atoms with Crippen molar-refractivity contribution in [2.45, 2.75) is 25.9 Å². The van der Waals surface area contributed by atoms with E-state index in [-0.39, 0.29) is 17.9 Å². The highest BCUT2D eigenvalue weighted by Gasteiger charge is 2.37. The summed E-state index contributed by atoms with van der Waals surface area (Å²) in [4.78, 5) is 21.4. The van der Waals surface area contributed by atoms with Crippen LogP contribution >= 0.6 is 0 Å². The Balaban J connectivity index is 1.30. The summed E-state index contributed by atoms with van der Waals surface area (Å²) in [6, 6.07) is 14.0. The summed E-state index contributed by atoms with van der Waals surface area (Å²) in [5.41, 5.74) is 1.19. The summed E-state index contributed by atoms with van der Waals surface area (Å²) in [6.45, 7) is 5.16. The van der Waals surface area contributed by atoms with Crippen molar-refractivity contribution in [2.75, 3.05) is 31.1 Å². The van der Waals surface area contributed by atoms with Crippen molar-refractivity contribution in [3.63, 3.8) is 0 Å². The number of hydrogen-bond acceptors (Lipinski definition) is 4. The molecule has 2 saturated heterocycles. The predicted molar refractivity (Wildman–Crippen MR) is 101 cm³/mol. The first kappa shape index (κ1) is 16.9. The van der Waals surface area contributed by atoms with Crippen molar-refractivity contribution in [3.8, 4) is 5.75 Å². The van der Waals surface area contributed by atoms with Gasteiger partial charge in [-0.3, -0.25) is 4.79 Å². The number of hydrogen-bond donors (Lipinski definition) is 0. The maximum atomic E-state index is 12.8. The van der Waals surface area contributed by atoms with E-state index in [4.69, 9.17) is 4.74 Å². The molecule has 1 aromatic heterocycles. The lowest BCUT2D eigenvalue weighted by molar-refractivity contribution is -0.144. The molecule has 0 aliphatic carbocycles. The van der Waals surface area contributed by atoms with E-state index in [9.17, 15) is 4.79 Å². The molecule has 0 radical (unpaired) electrons. The molecule has 3 heterocycles. The number of likely N-dealkylation sites (tertiary alicyclic amines) is 1. The SMILES string of the molecule is Cc1cccc(OC2CN(C(=O)C3CCCN(c4ccccn4)C3)C2)c1. The minimum atomic E-state index is 0.0608. The molecule has 0 saturated carbocycles. The fraction of sp³-hybridized carbons (Fsp3) is 0.429. The highest BCUT2D eigenvalue weighted by Crippen LogP contribution is 2.26. The maximum absolute atomic E-state index is 12.8. The Hall–Kier alpha value is -2.56. The first-order valence-corrected chi connectivity index (χ1v) is 9.37. The molecule has 1 amide bonds. The Kier molecular flexibility index (Phi) is 4.78. The molecular weight excluding hydrogens is 326 g/mol. The molecule has 136 valence electrons. The minimum Gasteiger partial charge on any atom is -0.487 e. The Labute approximate surface area is 154 Å². The van der Waals surface area contributed by atoms with E-state index in [0.717, 1.165) is 37.5 Å². The average molecular weight is 351 g/mol. The zero-order chi connectivity index (χ0) is 17.9. The fourth-order valence-electron chi connectivity index (χ4n) is 3.76. The molecule has 2 fully saturated rings. The molecule has 0 bridgehead atoms. The van der Waals surface area contributed by atoms with Gasteiger partial charge in [0.15, 0.2) is 0 Å². The molecule has 2 aliphatic rings. The van der Waals surface area contributed by atoms with Crippen molar-refractivity contribution < 1.29 is 9.53 Å². The second-order valence-electron chi connectivity index (χ2n) is 7.27. The summed E-state index contributed by atoms with van der Waals surface area (Å²) < 4.78 is 5.98. The molecule has 0 N–H and O–H groups in total. The van der Waals surface area contributed by atoms with Gasteiger partial charge >= 0.3 is 0 Å². The van der Waals surface area contributed by atoms with E-state index < -0.39 is 0 Å². The summed E-state index contributed by atoms with van der Waals surface area (Å²) in [5.74, 6) is 2.18. The van der Waals surface area contributed by atoms with Crippen LogP contribution in [0.2, 0.25) is 0 Å². The van der Waals surface area contributed by atoms with Gasteiger partial charge in [0.25, 0.3) is 0 Å². The molecule has 1 aromatic carbocycles. The van der Waals surface area contributed by atoms with E-state index in [1.54, 1.807) is 0 Å². The van der Waals surface area contributed by atoms with Gasteiger partial charge in [-0.25, -0.2) is 4.98 Å². The van der Waals surface area contributed by atoms with Crippen LogP contribution in [0.1, 0.15) is 18.4 Å². The molecule has 5 heteroatoms. The van der Waals surface area contributed by atoms with Crippen LogP contribution in [0, 0.1) is 12.8 Å². The number of rotatable bonds is 4. The Morgan fingerprint density at radius 2 is 2.04 bits per heavy atom. The van der Waals surface area contributed by atoms with Gasteiger partial charge < -0.3 is 14.5 Å². The predicted octanol–water partition coefficient (Wildman–Crippen LogP) is 2.90. The lowest BCUT2D eigenvalue weighted by atomic mass is 9.95. The first-order valence-electron chi connectivity index (χ1n) is 9.37. The normalized spacial score (nSPS) is 20.6. The Morgan fingerprint density at radius 3 is 2.81 bits per heavy atom. The van der Waals surface area contributed by atoms with Crippen molar-refractivity contribution in [1.82, 2.24) is 9.88 Å². The molecule has 5 nitrogen and oxygen atoms in total. The molecular formula is C21H25N3O2. The second-order valence-corrected chi connectivity index (χ2v) is 7.27. The van der Waals surface area contributed by atoms with E-state index in [1.165, 1.54) is 5.56 Å². The van der Waals surface area contributed by atoms with Crippen LogP contribution in [-0.4, -0.2) is 48.1 Å². The van der Waals surface area contributed by atoms with Crippen LogP contribution in [0.25, 0.3) is 0 Å². The molecule has 1 atom stereocenters. The summed E-state index contributed by atoms with van der Waals surface area (Å²) in [5, 5.41) is 0. The Bertz CT molecular complexity index is 759.